The van der Waals surface area contributed by atoms with Crippen molar-refractivity contribution in [2.75, 3.05) is 16.6 Å². The highest BCUT2D eigenvalue weighted by Gasteiger charge is 2.19. The smallest absolute Gasteiger partial charge is 0.262 e. The van der Waals surface area contributed by atoms with Crippen molar-refractivity contribution < 1.29 is 17.9 Å². The highest BCUT2D eigenvalue weighted by molar-refractivity contribution is 7.92. The van der Waals surface area contributed by atoms with Gasteiger partial charge in [0.2, 0.25) is 5.91 Å². The summed E-state index contributed by atoms with van der Waals surface area (Å²) in [6.07, 6.45) is 0. The first kappa shape index (κ1) is 23.9. The molecule has 4 rings (SSSR count). The number of aromatic nitrogens is 1. The van der Waals surface area contributed by atoms with Gasteiger partial charge in [-0.1, -0.05) is 35.9 Å². The van der Waals surface area contributed by atoms with Crippen molar-refractivity contribution in [2.45, 2.75) is 32.3 Å². The number of ether oxygens (including phenoxy) is 1. The minimum absolute atomic E-state index is 0.0978. The summed E-state index contributed by atoms with van der Waals surface area (Å²) in [7, 11) is -3.84. The molecular formula is C25H25N3O4S2. The Hall–Kier alpha value is -3.27. The third-order valence-electron chi connectivity index (χ3n) is 5.18. The zero-order valence-corrected chi connectivity index (χ0v) is 20.7. The largest absolute Gasteiger partial charge is 0.364 e. The number of hydrogen-bond acceptors (Lipinski definition) is 6. The van der Waals surface area contributed by atoms with Crippen molar-refractivity contribution in [3.8, 4) is 0 Å². The van der Waals surface area contributed by atoms with Crippen LogP contribution in [0, 0.1) is 20.8 Å². The topological polar surface area (TPSA) is 97.4 Å². The molecule has 0 spiro atoms. The average molecular weight is 496 g/mol. The number of hydrogen-bond donors (Lipinski definition) is 2. The first-order valence-corrected chi connectivity index (χ1v) is 12.9. The molecule has 7 nitrogen and oxygen atoms in total. The molecule has 176 valence electrons. The standard InChI is InChI=1S/C25H25N3O4S2/c1-16-8-11-20(18(3)12-16)28-34(30,31)23-13-19(10-9-17(23)2)26-24(29)14-32-15-25-27-21-6-4-5-7-22(21)33-25/h4-13,28H,14-15H2,1-3H3,(H,26,29). The van der Waals surface area contributed by atoms with Gasteiger partial charge in [-0.3, -0.25) is 9.52 Å². The summed E-state index contributed by atoms with van der Waals surface area (Å²) in [4.78, 5) is 16.9. The summed E-state index contributed by atoms with van der Waals surface area (Å²) in [6, 6.07) is 18.1. The highest BCUT2D eigenvalue weighted by Crippen LogP contribution is 2.25. The lowest BCUT2D eigenvalue weighted by molar-refractivity contribution is -0.121. The van der Waals surface area contributed by atoms with Crippen molar-refractivity contribution in [1.29, 1.82) is 0 Å². The number of amides is 1. The molecule has 0 saturated carbocycles. The quantitative estimate of drug-likeness (QED) is 0.351. The van der Waals surface area contributed by atoms with Crippen molar-refractivity contribution in [3.63, 3.8) is 0 Å². The number of benzene rings is 3. The fraction of sp³-hybridized carbons (Fsp3) is 0.200. The van der Waals surface area contributed by atoms with Crippen molar-refractivity contribution >= 4 is 48.9 Å². The normalized spacial score (nSPS) is 11.5. The number of carbonyl (C=O) groups excluding carboxylic acids is 1. The highest BCUT2D eigenvalue weighted by atomic mass is 32.2. The van der Waals surface area contributed by atoms with Crippen molar-refractivity contribution in [3.05, 3.63) is 82.4 Å². The number of rotatable bonds is 8. The van der Waals surface area contributed by atoms with E-state index in [1.54, 1.807) is 25.1 Å². The Balaban J connectivity index is 1.40. The molecule has 4 aromatic rings. The van der Waals surface area contributed by atoms with Crippen LogP contribution < -0.4 is 10.0 Å². The van der Waals surface area contributed by atoms with E-state index in [0.717, 1.165) is 26.4 Å². The zero-order valence-electron chi connectivity index (χ0n) is 19.1. The average Bonchev–Trinajstić information content (AvgIpc) is 3.20. The number of anilines is 2. The number of nitrogens with one attached hydrogen (secondary N) is 2. The van der Waals surface area contributed by atoms with E-state index in [2.05, 4.69) is 15.0 Å². The summed E-state index contributed by atoms with van der Waals surface area (Å²) in [5.74, 6) is -0.379. The summed E-state index contributed by atoms with van der Waals surface area (Å²) < 4.78 is 35.3. The van der Waals surface area contributed by atoms with Crippen molar-refractivity contribution in [1.82, 2.24) is 4.98 Å². The molecule has 0 fully saturated rings. The molecule has 9 heteroatoms. The molecule has 0 bridgehead atoms. The predicted molar refractivity (Wildman–Crippen MR) is 136 cm³/mol. The molecule has 0 atom stereocenters. The van der Waals surface area contributed by atoms with Crippen LogP contribution >= 0.6 is 11.3 Å². The van der Waals surface area contributed by atoms with Gasteiger partial charge < -0.3 is 10.1 Å². The second-order valence-electron chi connectivity index (χ2n) is 8.02. The molecule has 0 aliphatic rings. The number of fused-ring (bicyclic) bond motifs is 1. The van der Waals surface area contributed by atoms with Crippen LogP contribution in [0.2, 0.25) is 0 Å². The Morgan fingerprint density at radius 2 is 1.79 bits per heavy atom. The van der Waals surface area contributed by atoms with Crippen LogP contribution in [0.15, 0.2) is 65.6 Å². The van der Waals surface area contributed by atoms with E-state index in [1.165, 1.54) is 17.4 Å². The van der Waals surface area contributed by atoms with Crippen LogP contribution in [0.4, 0.5) is 11.4 Å². The van der Waals surface area contributed by atoms with Gasteiger partial charge in [0.15, 0.2) is 0 Å². The van der Waals surface area contributed by atoms with Gasteiger partial charge >= 0.3 is 0 Å². The summed E-state index contributed by atoms with van der Waals surface area (Å²) in [5, 5.41) is 3.49. The molecule has 1 amide bonds. The maximum Gasteiger partial charge on any atom is 0.262 e. The third kappa shape index (κ3) is 5.61. The fourth-order valence-corrected chi connectivity index (χ4v) is 5.81. The van der Waals surface area contributed by atoms with Gasteiger partial charge in [-0.15, -0.1) is 11.3 Å². The summed E-state index contributed by atoms with van der Waals surface area (Å²) >= 11 is 1.52. The van der Waals surface area contributed by atoms with Gasteiger partial charge in [-0.2, -0.15) is 0 Å². The molecule has 1 aromatic heterocycles. The molecule has 0 radical (unpaired) electrons. The Labute approximate surface area is 202 Å². The van der Waals surface area contributed by atoms with Gasteiger partial charge in [0.25, 0.3) is 10.0 Å². The molecular weight excluding hydrogens is 470 g/mol. The minimum atomic E-state index is -3.84. The van der Waals surface area contributed by atoms with Crippen LogP contribution in [0.1, 0.15) is 21.7 Å². The van der Waals surface area contributed by atoms with Crippen LogP contribution in [0.25, 0.3) is 10.2 Å². The van der Waals surface area contributed by atoms with Crippen LogP contribution in [0.5, 0.6) is 0 Å². The Kier molecular flexibility index (Phi) is 6.97. The Bertz CT molecular complexity index is 1430. The van der Waals surface area contributed by atoms with E-state index in [4.69, 9.17) is 4.74 Å². The molecule has 0 saturated heterocycles. The van der Waals surface area contributed by atoms with Crippen LogP contribution in [0.3, 0.4) is 0 Å². The van der Waals surface area contributed by atoms with E-state index < -0.39 is 10.0 Å². The number of aryl methyl sites for hydroxylation is 3. The van der Waals surface area contributed by atoms with E-state index in [0.29, 0.717) is 16.9 Å². The van der Waals surface area contributed by atoms with Gasteiger partial charge in [-0.25, -0.2) is 13.4 Å². The van der Waals surface area contributed by atoms with Crippen LogP contribution in [-0.4, -0.2) is 25.9 Å². The number of carbonyl (C=O) groups is 1. The molecule has 0 aliphatic carbocycles. The van der Waals surface area contributed by atoms with Crippen molar-refractivity contribution in [2.24, 2.45) is 0 Å². The lowest BCUT2D eigenvalue weighted by Gasteiger charge is -2.14. The first-order chi connectivity index (χ1) is 16.2. The predicted octanol–water partition coefficient (Wildman–Crippen LogP) is 5.18. The minimum Gasteiger partial charge on any atom is -0.364 e. The molecule has 3 aromatic carbocycles. The number of para-hydroxylation sites is 1. The maximum absolute atomic E-state index is 13.0. The Morgan fingerprint density at radius 3 is 2.56 bits per heavy atom. The van der Waals surface area contributed by atoms with E-state index in [-0.39, 0.29) is 24.0 Å². The maximum atomic E-state index is 13.0. The van der Waals surface area contributed by atoms with E-state index in [1.807, 2.05) is 50.2 Å². The molecule has 1 heterocycles. The second kappa shape index (κ2) is 9.92. The van der Waals surface area contributed by atoms with Gasteiger partial charge in [0.1, 0.15) is 11.6 Å². The molecule has 2 N–H and O–H groups in total. The third-order valence-corrected chi connectivity index (χ3v) is 7.70. The second-order valence-corrected chi connectivity index (χ2v) is 10.8. The lowest BCUT2D eigenvalue weighted by atomic mass is 10.1. The van der Waals surface area contributed by atoms with Gasteiger partial charge in [0.05, 0.1) is 27.4 Å². The Morgan fingerprint density at radius 1 is 1.00 bits per heavy atom. The van der Waals surface area contributed by atoms with Gasteiger partial charge in [-0.05, 0) is 62.2 Å². The zero-order chi connectivity index (χ0) is 24.3. The monoisotopic (exact) mass is 495 g/mol. The number of sulfonamides is 1. The SMILES string of the molecule is Cc1ccc(NS(=O)(=O)c2cc(NC(=O)COCc3nc4ccccc4s3)ccc2C)c(C)c1. The fourth-order valence-electron chi connectivity index (χ4n) is 3.50. The summed E-state index contributed by atoms with van der Waals surface area (Å²) in [6.45, 7) is 5.56. The van der Waals surface area contributed by atoms with E-state index in [9.17, 15) is 13.2 Å². The lowest BCUT2D eigenvalue weighted by Crippen LogP contribution is -2.19. The molecule has 0 unspecified atom stereocenters. The van der Waals surface area contributed by atoms with E-state index >= 15 is 0 Å². The summed E-state index contributed by atoms with van der Waals surface area (Å²) in [5.41, 5.74) is 4.24. The molecule has 0 aliphatic heterocycles. The number of nitrogens with zero attached hydrogens (tertiary/aromatic N) is 1. The first-order valence-electron chi connectivity index (χ1n) is 10.6. The van der Waals surface area contributed by atoms with Gasteiger partial charge in [0, 0.05) is 5.69 Å². The molecule has 34 heavy (non-hydrogen) atoms. The number of thiazole rings is 1. The van der Waals surface area contributed by atoms with Crippen LogP contribution in [-0.2, 0) is 26.2 Å².